The zero-order chi connectivity index (χ0) is 13.8. The van der Waals surface area contributed by atoms with Crippen LogP contribution in [0, 0.1) is 0 Å². The van der Waals surface area contributed by atoms with Gasteiger partial charge in [0.15, 0.2) is 0 Å². The largest absolute Gasteiger partial charge is 0.494 e. The molecule has 0 aliphatic carbocycles. The van der Waals surface area contributed by atoms with Crippen LogP contribution >= 0.6 is 0 Å². The second-order valence-corrected chi connectivity index (χ2v) is 11.0. The maximum atomic E-state index is 10.8. The minimum Gasteiger partial charge on any atom is -0.494 e. The van der Waals surface area contributed by atoms with Gasteiger partial charge in [-0.1, -0.05) is 33.0 Å². The minimum absolute atomic E-state index is 0.276. The Balaban J connectivity index is 2.78. The molecule has 1 unspecified atom stereocenters. The van der Waals surface area contributed by atoms with E-state index in [0.29, 0.717) is 5.56 Å². The number of benzene rings is 1. The maximum absolute atomic E-state index is 10.8. The fourth-order valence-corrected chi connectivity index (χ4v) is 3.42. The minimum atomic E-state index is -1.36. The Morgan fingerprint density at radius 3 is 2.22 bits per heavy atom. The van der Waals surface area contributed by atoms with E-state index in [0.717, 1.165) is 18.6 Å². The molecule has 0 aliphatic rings. The highest BCUT2D eigenvalue weighted by Crippen LogP contribution is 2.21. The summed E-state index contributed by atoms with van der Waals surface area (Å²) in [6.45, 7) is 9.03. The summed E-state index contributed by atoms with van der Waals surface area (Å²) in [6, 6.07) is 6.66. The summed E-state index contributed by atoms with van der Waals surface area (Å²) in [4.78, 5) is 10.8. The number of aromatic carboxylic acids is 1. The number of hydrogen-bond acceptors (Lipinski definition) is 2. The molecule has 3 nitrogen and oxygen atoms in total. The third-order valence-corrected chi connectivity index (χ3v) is 5.23. The van der Waals surface area contributed by atoms with Crippen molar-refractivity contribution in [1.29, 1.82) is 0 Å². The Bertz CT molecular complexity index is 392. The van der Waals surface area contributed by atoms with Gasteiger partial charge >= 0.3 is 5.97 Å². The van der Waals surface area contributed by atoms with Crippen molar-refractivity contribution in [2.75, 3.05) is 0 Å². The van der Waals surface area contributed by atoms with Gasteiger partial charge in [0.05, 0.1) is 19.4 Å². The van der Waals surface area contributed by atoms with E-state index in [2.05, 4.69) is 26.6 Å². The smallest absolute Gasteiger partial charge is 0.335 e. The molecule has 1 aromatic carbocycles. The van der Waals surface area contributed by atoms with Crippen LogP contribution in [0.15, 0.2) is 24.3 Å². The van der Waals surface area contributed by atoms with Crippen LogP contribution in [0.1, 0.15) is 30.1 Å². The topological polar surface area (TPSA) is 46.5 Å². The lowest BCUT2D eigenvalue weighted by Crippen LogP contribution is -2.42. The lowest BCUT2D eigenvalue weighted by atomic mass is 10.2. The van der Waals surface area contributed by atoms with Gasteiger partial charge in [0, 0.05) is 0 Å². The highest BCUT2D eigenvalue weighted by Gasteiger charge is 2.27. The quantitative estimate of drug-likeness (QED) is 0.796. The van der Waals surface area contributed by atoms with E-state index in [1.54, 1.807) is 24.3 Å². The SMILES string of the molecule is CCCC(Oc1ccc(C(=O)O)cc1)[Si](C)(C)C. The molecule has 1 atom stereocenters. The fraction of sp³-hybridized carbons (Fsp3) is 0.500. The number of carboxylic acid groups (broad SMARTS) is 1. The van der Waals surface area contributed by atoms with Crippen molar-refractivity contribution in [3.05, 3.63) is 29.8 Å². The average Bonchev–Trinajstić information content (AvgIpc) is 2.28. The number of carboxylic acids is 1. The van der Waals surface area contributed by atoms with Crippen LogP contribution in [-0.4, -0.2) is 24.9 Å². The van der Waals surface area contributed by atoms with Crippen LogP contribution in [0.3, 0.4) is 0 Å². The average molecular weight is 266 g/mol. The third-order valence-electron chi connectivity index (χ3n) is 2.90. The van der Waals surface area contributed by atoms with E-state index in [9.17, 15) is 4.79 Å². The number of rotatable bonds is 6. The molecule has 1 N–H and O–H groups in total. The highest BCUT2D eigenvalue weighted by molar-refractivity contribution is 6.77. The summed E-state index contributed by atoms with van der Waals surface area (Å²) in [5.41, 5.74) is 0.570. The molecule has 1 rings (SSSR count). The summed E-state index contributed by atoms with van der Waals surface area (Å²) in [5, 5.41) is 8.84. The van der Waals surface area contributed by atoms with Gasteiger partial charge in [0.25, 0.3) is 0 Å². The van der Waals surface area contributed by atoms with Crippen molar-refractivity contribution < 1.29 is 14.6 Å². The van der Waals surface area contributed by atoms with Gasteiger partial charge in [-0.15, -0.1) is 0 Å². The molecule has 0 spiro atoms. The Morgan fingerprint density at radius 2 is 1.83 bits per heavy atom. The lowest BCUT2D eigenvalue weighted by Gasteiger charge is -2.29. The summed E-state index contributed by atoms with van der Waals surface area (Å²) < 4.78 is 6.02. The predicted molar refractivity (Wildman–Crippen MR) is 76.1 cm³/mol. The first-order valence-corrected chi connectivity index (χ1v) is 9.92. The summed E-state index contributed by atoms with van der Waals surface area (Å²) in [7, 11) is -1.36. The first kappa shape index (κ1) is 14.8. The molecule has 100 valence electrons. The Morgan fingerprint density at radius 1 is 1.28 bits per heavy atom. The first-order valence-electron chi connectivity index (χ1n) is 6.34. The van der Waals surface area contributed by atoms with Gasteiger partial charge in [0.1, 0.15) is 5.75 Å². The van der Waals surface area contributed by atoms with Crippen LogP contribution < -0.4 is 4.74 Å². The van der Waals surface area contributed by atoms with Crippen molar-refractivity contribution in [1.82, 2.24) is 0 Å². The summed E-state index contributed by atoms with van der Waals surface area (Å²) >= 11 is 0. The number of carbonyl (C=O) groups is 1. The predicted octanol–water partition coefficient (Wildman–Crippen LogP) is 3.81. The van der Waals surface area contributed by atoms with Crippen molar-refractivity contribution in [2.24, 2.45) is 0 Å². The zero-order valence-electron chi connectivity index (χ0n) is 11.6. The zero-order valence-corrected chi connectivity index (χ0v) is 12.6. The molecule has 0 saturated heterocycles. The second-order valence-electron chi connectivity index (χ2n) is 5.59. The molecule has 0 aromatic heterocycles. The fourth-order valence-electron chi connectivity index (χ4n) is 1.77. The van der Waals surface area contributed by atoms with E-state index in [-0.39, 0.29) is 5.73 Å². The van der Waals surface area contributed by atoms with Crippen LogP contribution in [0.5, 0.6) is 5.75 Å². The van der Waals surface area contributed by atoms with Gasteiger partial charge < -0.3 is 9.84 Å². The van der Waals surface area contributed by atoms with Crippen molar-refractivity contribution in [3.63, 3.8) is 0 Å². The van der Waals surface area contributed by atoms with Gasteiger partial charge in [-0.25, -0.2) is 4.79 Å². The summed E-state index contributed by atoms with van der Waals surface area (Å²) in [5.74, 6) is -0.141. The maximum Gasteiger partial charge on any atom is 0.335 e. The monoisotopic (exact) mass is 266 g/mol. The highest BCUT2D eigenvalue weighted by atomic mass is 28.3. The second kappa shape index (κ2) is 6.04. The van der Waals surface area contributed by atoms with E-state index in [1.807, 2.05) is 0 Å². The molecule has 0 amide bonds. The molecule has 0 fully saturated rings. The first-order chi connectivity index (χ1) is 8.34. The molecular formula is C14H22O3Si. The van der Waals surface area contributed by atoms with Crippen molar-refractivity contribution in [3.8, 4) is 5.75 Å². The molecule has 0 radical (unpaired) electrons. The molecule has 0 heterocycles. The molecule has 4 heteroatoms. The van der Waals surface area contributed by atoms with E-state index < -0.39 is 14.0 Å². The van der Waals surface area contributed by atoms with Crippen LogP contribution in [-0.2, 0) is 0 Å². The molecule has 1 aromatic rings. The Kier molecular flexibility index (Phi) is 4.96. The Hall–Kier alpha value is -1.29. The normalized spacial score (nSPS) is 13.1. The third kappa shape index (κ3) is 4.18. The van der Waals surface area contributed by atoms with E-state index in [4.69, 9.17) is 9.84 Å². The molecule has 0 bridgehead atoms. The van der Waals surface area contributed by atoms with Crippen LogP contribution in [0.4, 0.5) is 0 Å². The molecule has 18 heavy (non-hydrogen) atoms. The van der Waals surface area contributed by atoms with Crippen molar-refractivity contribution >= 4 is 14.0 Å². The van der Waals surface area contributed by atoms with Gasteiger partial charge in [-0.3, -0.25) is 0 Å². The molecule has 0 saturated carbocycles. The van der Waals surface area contributed by atoms with Crippen LogP contribution in [0.25, 0.3) is 0 Å². The standard InChI is InChI=1S/C14H22O3Si/c1-5-6-13(18(2,3)4)17-12-9-7-11(8-10-12)14(15)16/h7-10,13H,5-6H2,1-4H3,(H,15,16). The molecule has 0 aliphatic heterocycles. The number of hydrogen-bond donors (Lipinski definition) is 1. The Labute approximate surface area is 110 Å². The van der Waals surface area contributed by atoms with Crippen LogP contribution in [0.2, 0.25) is 19.6 Å². The summed E-state index contributed by atoms with van der Waals surface area (Å²) in [6.07, 6.45) is 2.15. The van der Waals surface area contributed by atoms with Crippen molar-refractivity contribution in [2.45, 2.75) is 45.1 Å². The number of ether oxygens (including phenoxy) is 1. The van der Waals surface area contributed by atoms with Gasteiger partial charge in [-0.05, 0) is 30.7 Å². The molecular weight excluding hydrogens is 244 g/mol. The van der Waals surface area contributed by atoms with Gasteiger partial charge in [0.2, 0.25) is 0 Å². The van der Waals surface area contributed by atoms with E-state index >= 15 is 0 Å². The lowest BCUT2D eigenvalue weighted by molar-refractivity contribution is 0.0697. The van der Waals surface area contributed by atoms with E-state index in [1.165, 1.54) is 0 Å². The van der Waals surface area contributed by atoms with Gasteiger partial charge in [-0.2, -0.15) is 0 Å².